The second-order valence-corrected chi connectivity index (χ2v) is 10.5. The van der Waals surface area contributed by atoms with Crippen molar-refractivity contribution in [2.45, 2.75) is 62.7 Å². The smallest absolute Gasteiger partial charge is 0.276 e. The highest BCUT2D eigenvalue weighted by atomic mass is 32.2. The summed E-state index contributed by atoms with van der Waals surface area (Å²) in [5.41, 5.74) is 0.237. The molecule has 0 spiro atoms. The van der Waals surface area contributed by atoms with Crippen LogP contribution in [-0.4, -0.2) is 48.4 Å². The number of fused-ring (bicyclic) bond motifs is 1. The number of hydrogen-bond donors (Lipinski definition) is 3. The summed E-state index contributed by atoms with van der Waals surface area (Å²) < 4.78 is 35.2. The Morgan fingerprint density at radius 1 is 1.13 bits per heavy atom. The predicted octanol–water partition coefficient (Wildman–Crippen LogP) is 7.29. The van der Waals surface area contributed by atoms with Crippen molar-refractivity contribution < 1.29 is 18.6 Å². The van der Waals surface area contributed by atoms with Crippen LogP contribution in [0.25, 0.3) is 10.9 Å². The summed E-state index contributed by atoms with van der Waals surface area (Å²) >= 11 is 1.65. The maximum Gasteiger partial charge on any atom is 0.276 e. The molecule has 0 aliphatic heterocycles. The number of aliphatic hydroxyl groups is 1. The molecule has 2 aromatic carbocycles. The van der Waals surface area contributed by atoms with E-state index >= 15 is 0 Å². The highest BCUT2D eigenvalue weighted by Crippen LogP contribution is 2.33. The van der Waals surface area contributed by atoms with Crippen LogP contribution in [0.3, 0.4) is 0 Å². The number of hydrogen-bond acceptors (Lipinski definition) is 5. The van der Waals surface area contributed by atoms with E-state index in [0.29, 0.717) is 18.3 Å². The Bertz CT molecular complexity index is 1230. The molecular formula is C29H40F2N3O2PS. The Morgan fingerprint density at radius 3 is 2.53 bits per heavy atom. The lowest BCUT2D eigenvalue weighted by Crippen LogP contribution is -2.22. The maximum atomic E-state index is 14.1. The van der Waals surface area contributed by atoms with E-state index in [-0.39, 0.29) is 7.43 Å². The van der Waals surface area contributed by atoms with Crippen molar-refractivity contribution in [3.8, 4) is 17.6 Å². The molecule has 1 unspecified atom stereocenters. The number of thioether (sulfide) groups is 1. The largest absolute Gasteiger partial charge is 0.495 e. The molecule has 1 fully saturated rings. The van der Waals surface area contributed by atoms with Crippen LogP contribution in [0.2, 0.25) is 0 Å². The molecule has 1 atom stereocenters. The third-order valence-electron chi connectivity index (χ3n) is 6.27. The molecule has 1 aliphatic rings. The van der Waals surface area contributed by atoms with Gasteiger partial charge in [0.1, 0.15) is 5.75 Å². The molecule has 38 heavy (non-hydrogen) atoms. The quantitative estimate of drug-likeness (QED) is 0.153. The zero-order chi connectivity index (χ0) is 26.8. The topological polar surface area (TPSA) is 58.5 Å². The van der Waals surface area contributed by atoms with E-state index in [1.165, 1.54) is 19.3 Å². The van der Waals surface area contributed by atoms with E-state index in [4.69, 9.17) is 9.84 Å². The van der Waals surface area contributed by atoms with Gasteiger partial charge in [0.05, 0.1) is 37.1 Å². The molecule has 9 heteroatoms. The second kappa shape index (κ2) is 15.2. The fraction of sp³-hybridized carbons (Fsp3) is 0.448. The Labute approximate surface area is 232 Å². The van der Waals surface area contributed by atoms with E-state index in [1.54, 1.807) is 32.7 Å². The van der Waals surface area contributed by atoms with Gasteiger partial charge in [0.15, 0.2) is 0 Å². The molecular weight excluding hydrogens is 523 g/mol. The van der Waals surface area contributed by atoms with Crippen LogP contribution in [0.15, 0.2) is 47.4 Å². The number of rotatable bonds is 8. The van der Waals surface area contributed by atoms with Gasteiger partial charge in [-0.3, -0.25) is 0 Å². The number of nitrogens with one attached hydrogen (secondary N) is 2. The molecule has 3 N–H and O–H groups in total. The molecule has 0 amide bonds. The number of aliphatic hydroxyl groups excluding tert-OH is 1. The van der Waals surface area contributed by atoms with Gasteiger partial charge >= 0.3 is 0 Å². The first-order valence-corrected chi connectivity index (χ1v) is 14.1. The van der Waals surface area contributed by atoms with Gasteiger partial charge in [0.25, 0.3) is 5.66 Å². The average Bonchev–Trinajstić information content (AvgIpc) is 3.25. The number of benzene rings is 2. The van der Waals surface area contributed by atoms with Gasteiger partial charge in [-0.25, -0.2) is 8.78 Å². The zero-order valence-corrected chi connectivity index (χ0v) is 23.6. The Balaban J connectivity index is 0.00000165. The lowest BCUT2D eigenvalue weighted by atomic mass is 9.95. The van der Waals surface area contributed by atoms with Crippen molar-refractivity contribution in [3.05, 3.63) is 48.2 Å². The van der Waals surface area contributed by atoms with Crippen LogP contribution in [0.5, 0.6) is 5.75 Å². The van der Waals surface area contributed by atoms with Gasteiger partial charge in [-0.2, -0.15) is 0 Å². The summed E-state index contributed by atoms with van der Waals surface area (Å²) in [4.78, 5) is 1.11. The fourth-order valence-corrected chi connectivity index (χ4v) is 5.19. The summed E-state index contributed by atoms with van der Waals surface area (Å²) in [7, 11) is 4.28. The van der Waals surface area contributed by atoms with E-state index < -0.39 is 12.2 Å². The van der Waals surface area contributed by atoms with Crippen LogP contribution >= 0.6 is 21.0 Å². The minimum atomic E-state index is -2.93. The van der Waals surface area contributed by atoms with Crippen LogP contribution < -0.4 is 15.4 Å². The van der Waals surface area contributed by atoms with Gasteiger partial charge < -0.3 is 25.0 Å². The fourth-order valence-electron chi connectivity index (χ4n) is 4.58. The number of aromatic nitrogens is 1. The number of anilines is 2. The summed E-state index contributed by atoms with van der Waals surface area (Å²) in [6, 6.07) is 14.1. The lowest BCUT2D eigenvalue weighted by molar-refractivity contribution is 0.0851. The highest BCUT2D eigenvalue weighted by Gasteiger charge is 2.25. The van der Waals surface area contributed by atoms with Crippen LogP contribution in [-0.2, 0) is 6.54 Å². The van der Waals surface area contributed by atoms with Gasteiger partial charge in [0, 0.05) is 29.1 Å². The van der Waals surface area contributed by atoms with Crippen molar-refractivity contribution in [2.75, 3.05) is 37.7 Å². The second-order valence-electron chi connectivity index (χ2n) is 8.82. The number of methoxy groups -OCH3 is 1. The standard InChI is InChI=1S/C27H32F2N3OPS.CH4O.CH4/c1-33-26-17-21(35-2)13-14-24(26)30-15-7-10-20-16-22-23(31-19-8-4-3-5-9-19)11-6-12-25(22)32(20)18-27(28,29)34;1-2;/h6,11-14,16-17,19,30-31H,3-5,8-9,15,18,34H2,1-2H3;2H,1H3;1H4. The molecule has 3 aromatic rings. The molecule has 1 aliphatic carbocycles. The SMILES string of the molecule is C.CO.COc1cc(SC)ccc1NCC#Cc1cc2c(NC3CCCCC3)cccc2n1CC(F)(F)P. The number of halogens is 2. The van der Waals surface area contributed by atoms with Gasteiger partial charge in [-0.1, -0.05) is 47.9 Å². The summed E-state index contributed by atoms with van der Waals surface area (Å²) in [5, 5.41) is 14.9. The van der Waals surface area contributed by atoms with Crippen LogP contribution in [0.1, 0.15) is 45.2 Å². The Morgan fingerprint density at radius 2 is 1.87 bits per heavy atom. The van der Waals surface area contributed by atoms with Crippen LogP contribution in [0.4, 0.5) is 20.2 Å². The normalized spacial score (nSPS) is 13.4. The van der Waals surface area contributed by atoms with E-state index in [9.17, 15) is 8.78 Å². The van der Waals surface area contributed by atoms with Crippen LogP contribution in [0, 0.1) is 11.8 Å². The molecule has 0 bridgehead atoms. The molecule has 1 saturated carbocycles. The zero-order valence-electron chi connectivity index (χ0n) is 21.6. The maximum absolute atomic E-state index is 14.1. The first-order valence-electron chi connectivity index (χ1n) is 12.3. The van der Waals surface area contributed by atoms with E-state index in [2.05, 4.69) is 22.5 Å². The van der Waals surface area contributed by atoms with Crippen molar-refractivity contribution in [2.24, 2.45) is 0 Å². The third-order valence-corrected chi connectivity index (χ3v) is 7.18. The van der Waals surface area contributed by atoms with E-state index in [0.717, 1.165) is 52.9 Å². The van der Waals surface area contributed by atoms with Crippen molar-refractivity contribution in [1.82, 2.24) is 4.57 Å². The molecule has 1 heterocycles. The minimum absolute atomic E-state index is 0. The molecule has 0 saturated heterocycles. The molecule has 4 rings (SSSR count). The van der Waals surface area contributed by atoms with Gasteiger partial charge in [0.2, 0.25) is 0 Å². The summed E-state index contributed by atoms with van der Waals surface area (Å²) in [6.45, 7) is -0.0869. The Hall–Kier alpha value is -2.46. The predicted molar refractivity (Wildman–Crippen MR) is 162 cm³/mol. The molecule has 1 aromatic heterocycles. The lowest BCUT2D eigenvalue weighted by Gasteiger charge is -2.24. The first kappa shape index (κ1) is 31.8. The van der Waals surface area contributed by atoms with Crippen molar-refractivity contribution in [3.63, 3.8) is 0 Å². The average molecular weight is 564 g/mol. The minimum Gasteiger partial charge on any atom is -0.495 e. The van der Waals surface area contributed by atoms with E-state index in [1.807, 2.05) is 48.7 Å². The first-order chi connectivity index (χ1) is 17.9. The number of alkyl halides is 2. The monoisotopic (exact) mass is 563 g/mol. The number of nitrogens with zero attached hydrogens (tertiary/aromatic N) is 1. The highest BCUT2D eigenvalue weighted by molar-refractivity contribution is 7.98. The Kier molecular flexibility index (Phi) is 12.7. The summed E-state index contributed by atoms with van der Waals surface area (Å²) in [5.74, 6) is 6.97. The van der Waals surface area contributed by atoms with Crippen molar-refractivity contribution >= 4 is 43.3 Å². The van der Waals surface area contributed by atoms with Gasteiger partial charge in [-0.05, 0) is 61.4 Å². The summed E-state index contributed by atoms with van der Waals surface area (Å²) in [6.07, 6.45) is 8.02. The number of ether oxygens (including phenoxy) is 1. The molecule has 0 radical (unpaired) electrons. The third kappa shape index (κ3) is 8.53. The molecule has 208 valence electrons. The molecule has 5 nitrogen and oxygen atoms in total. The van der Waals surface area contributed by atoms with Gasteiger partial charge in [-0.15, -0.1) is 11.8 Å². The van der Waals surface area contributed by atoms with Crippen molar-refractivity contribution in [1.29, 1.82) is 0 Å².